The lowest BCUT2D eigenvalue weighted by atomic mass is 9.69. The van der Waals surface area contributed by atoms with Gasteiger partial charge < -0.3 is 10.1 Å². The monoisotopic (exact) mass is 183 g/mol. The average Bonchev–Trinajstić information content (AvgIpc) is 2.60. The van der Waals surface area contributed by atoms with E-state index in [1.807, 2.05) is 0 Å². The van der Waals surface area contributed by atoms with Crippen LogP contribution in [0, 0.1) is 11.3 Å². The van der Waals surface area contributed by atoms with E-state index in [4.69, 9.17) is 4.74 Å². The van der Waals surface area contributed by atoms with Crippen molar-refractivity contribution in [2.75, 3.05) is 19.8 Å². The van der Waals surface area contributed by atoms with Gasteiger partial charge in [-0.1, -0.05) is 20.8 Å². The van der Waals surface area contributed by atoms with Gasteiger partial charge in [0.1, 0.15) is 0 Å². The van der Waals surface area contributed by atoms with Crippen LogP contribution in [0.4, 0.5) is 0 Å². The first-order valence-corrected chi connectivity index (χ1v) is 5.37. The minimum absolute atomic E-state index is 0.318. The van der Waals surface area contributed by atoms with Gasteiger partial charge in [0.25, 0.3) is 0 Å². The van der Waals surface area contributed by atoms with Crippen molar-refractivity contribution in [1.82, 2.24) is 5.32 Å². The van der Waals surface area contributed by atoms with E-state index in [2.05, 4.69) is 26.1 Å². The Morgan fingerprint density at radius 2 is 2.15 bits per heavy atom. The van der Waals surface area contributed by atoms with Crippen molar-refractivity contribution in [1.29, 1.82) is 0 Å². The van der Waals surface area contributed by atoms with E-state index >= 15 is 0 Å². The molecule has 2 fully saturated rings. The van der Waals surface area contributed by atoms with Gasteiger partial charge in [-0.2, -0.15) is 0 Å². The summed E-state index contributed by atoms with van der Waals surface area (Å²) in [7, 11) is 0. The van der Waals surface area contributed by atoms with E-state index < -0.39 is 0 Å². The smallest absolute Gasteiger partial charge is 0.0652 e. The Balaban J connectivity index is 2.18. The van der Waals surface area contributed by atoms with E-state index in [1.54, 1.807) is 0 Å². The molecule has 2 heteroatoms. The molecule has 2 heterocycles. The molecule has 0 bridgehead atoms. The summed E-state index contributed by atoms with van der Waals surface area (Å²) in [6, 6.07) is 0. The highest BCUT2D eigenvalue weighted by Gasteiger charge is 2.49. The van der Waals surface area contributed by atoms with Gasteiger partial charge in [-0.15, -0.1) is 0 Å². The van der Waals surface area contributed by atoms with Gasteiger partial charge in [0, 0.05) is 12.1 Å². The van der Waals surface area contributed by atoms with Crippen molar-refractivity contribution >= 4 is 0 Å². The normalized spacial score (nSPS) is 40.4. The molecule has 0 amide bonds. The summed E-state index contributed by atoms with van der Waals surface area (Å²) in [5.41, 5.74) is 0.732. The lowest BCUT2D eigenvalue weighted by Crippen LogP contribution is -2.49. The Hall–Kier alpha value is -0.0800. The fourth-order valence-corrected chi connectivity index (χ4v) is 3.12. The van der Waals surface area contributed by atoms with Gasteiger partial charge in [0.2, 0.25) is 0 Å². The van der Waals surface area contributed by atoms with Crippen molar-refractivity contribution in [3.63, 3.8) is 0 Å². The van der Waals surface area contributed by atoms with Crippen LogP contribution in [0.1, 0.15) is 33.6 Å². The van der Waals surface area contributed by atoms with Crippen LogP contribution in [-0.4, -0.2) is 25.3 Å². The zero-order valence-corrected chi connectivity index (χ0v) is 9.02. The van der Waals surface area contributed by atoms with Crippen LogP contribution in [0.5, 0.6) is 0 Å². The Kier molecular flexibility index (Phi) is 2.16. The molecule has 0 saturated carbocycles. The SMILES string of the molecule is CC(C)(C)C1CCN[C@@]12CCOC2. The second-order valence-corrected chi connectivity index (χ2v) is 5.59. The van der Waals surface area contributed by atoms with E-state index in [0.717, 1.165) is 19.1 Å². The van der Waals surface area contributed by atoms with Gasteiger partial charge in [-0.05, 0) is 30.7 Å². The fraction of sp³-hybridized carbons (Fsp3) is 1.00. The van der Waals surface area contributed by atoms with Crippen molar-refractivity contribution in [3.05, 3.63) is 0 Å². The predicted octanol–water partition coefficient (Wildman–Crippen LogP) is 1.80. The second-order valence-electron chi connectivity index (χ2n) is 5.59. The standard InChI is InChI=1S/C11H21NO/c1-10(2,3)9-4-6-12-11(9)5-7-13-8-11/h9,12H,4-8H2,1-3H3/t9?,11-/m1/s1. The molecule has 2 aliphatic heterocycles. The maximum Gasteiger partial charge on any atom is 0.0652 e. The van der Waals surface area contributed by atoms with Crippen LogP contribution in [0.3, 0.4) is 0 Å². The lowest BCUT2D eigenvalue weighted by molar-refractivity contribution is 0.108. The van der Waals surface area contributed by atoms with E-state index in [0.29, 0.717) is 11.0 Å². The Morgan fingerprint density at radius 1 is 1.38 bits per heavy atom. The fourth-order valence-electron chi connectivity index (χ4n) is 3.12. The second kappa shape index (κ2) is 2.96. The van der Waals surface area contributed by atoms with Crippen molar-refractivity contribution in [2.24, 2.45) is 11.3 Å². The molecule has 0 aromatic rings. The number of nitrogens with one attached hydrogen (secondary N) is 1. The molecule has 0 aliphatic carbocycles. The van der Waals surface area contributed by atoms with Crippen molar-refractivity contribution < 1.29 is 4.74 Å². The lowest BCUT2D eigenvalue weighted by Gasteiger charge is -2.38. The number of hydrogen-bond donors (Lipinski definition) is 1. The molecule has 2 atom stereocenters. The maximum atomic E-state index is 5.55. The number of rotatable bonds is 0. The van der Waals surface area contributed by atoms with Crippen LogP contribution in [0.25, 0.3) is 0 Å². The zero-order valence-electron chi connectivity index (χ0n) is 9.02. The zero-order chi connectivity index (χ0) is 9.53. The molecule has 76 valence electrons. The first kappa shape index (κ1) is 9.47. The summed E-state index contributed by atoms with van der Waals surface area (Å²) < 4.78 is 5.55. The largest absolute Gasteiger partial charge is 0.379 e. The third kappa shape index (κ3) is 1.50. The van der Waals surface area contributed by atoms with Crippen LogP contribution >= 0.6 is 0 Å². The highest BCUT2D eigenvalue weighted by atomic mass is 16.5. The third-order valence-electron chi connectivity index (χ3n) is 3.67. The molecule has 13 heavy (non-hydrogen) atoms. The van der Waals surface area contributed by atoms with Gasteiger partial charge >= 0.3 is 0 Å². The summed E-state index contributed by atoms with van der Waals surface area (Å²) in [4.78, 5) is 0. The average molecular weight is 183 g/mol. The molecule has 0 radical (unpaired) electrons. The van der Waals surface area contributed by atoms with Crippen molar-refractivity contribution in [2.45, 2.75) is 39.2 Å². The predicted molar refractivity (Wildman–Crippen MR) is 53.7 cm³/mol. The van der Waals surface area contributed by atoms with Crippen molar-refractivity contribution in [3.8, 4) is 0 Å². The van der Waals surface area contributed by atoms with Crippen LogP contribution in [-0.2, 0) is 4.74 Å². The summed E-state index contributed by atoms with van der Waals surface area (Å²) in [5.74, 6) is 0.780. The maximum absolute atomic E-state index is 5.55. The summed E-state index contributed by atoms with van der Waals surface area (Å²) in [5, 5.41) is 3.66. The van der Waals surface area contributed by atoms with Gasteiger partial charge in [-0.25, -0.2) is 0 Å². The minimum atomic E-state index is 0.318. The highest BCUT2D eigenvalue weighted by Crippen LogP contribution is 2.44. The molecule has 2 aliphatic rings. The minimum Gasteiger partial charge on any atom is -0.379 e. The van der Waals surface area contributed by atoms with Gasteiger partial charge in [0.05, 0.1) is 6.61 Å². The quantitative estimate of drug-likeness (QED) is 0.618. The molecule has 1 N–H and O–H groups in total. The molecular formula is C11H21NO. The first-order chi connectivity index (χ1) is 6.05. The Morgan fingerprint density at radius 3 is 2.69 bits per heavy atom. The number of ether oxygens (including phenoxy) is 1. The van der Waals surface area contributed by atoms with Gasteiger partial charge in [-0.3, -0.25) is 0 Å². The van der Waals surface area contributed by atoms with Crippen LogP contribution < -0.4 is 5.32 Å². The van der Waals surface area contributed by atoms with Crippen LogP contribution in [0.2, 0.25) is 0 Å². The number of hydrogen-bond acceptors (Lipinski definition) is 2. The topological polar surface area (TPSA) is 21.3 Å². The van der Waals surface area contributed by atoms with Gasteiger partial charge in [0.15, 0.2) is 0 Å². The van der Waals surface area contributed by atoms with E-state index in [1.165, 1.54) is 19.4 Å². The van der Waals surface area contributed by atoms with Crippen LogP contribution in [0.15, 0.2) is 0 Å². The molecular weight excluding hydrogens is 162 g/mol. The van der Waals surface area contributed by atoms with E-state index in [-0.39, 0.29) is 0 Å². The highest BCUT2D eigenvalue weighted by molar-refractivity contribution is 5.05. The third-order valence-corrected chi connectivity index (χ3v) is 3.67. The molecule has 2 nitrogen and oxygen atoms in total. The summed E-state index contributed by atoms with van der Waals surface area (Å²) >= 11 is 0. The Bertz CT molecular complexity index is 183. The molecule has 2 rings (SSSR count). The molecule has 1 spiro atoms. The Labute approximate surface area is 81.0 Å². The molecule has 1 unspecified atom stereocenters. The summed E-state index contributed by atoms with van der Waals surface area (Å²) in [6.45, 7) is 10.1. The molecule has 0 aromatic heterocycles. The summed E-state index contributed by atoms with van der Waals surface area (Å²) in [6.07, 6.45) is 2.52. The molecule has 2 saturated heterocycles. The molecule has 0 aromatic carbocycles. The first-order valence-electron chi connectivity index (χ1n) is 5.37. The van der Waals surface area contributed by atoms with E-state index in [9.17, 15) is 0 Å².